The van der Waals surface area contributed by atoms with E-state index in [0.29, 0.717) is 28.0 Å². The second-order valence-corrected chi connectivity index (χ2v) is 9.48. The fourth-order valence-electron chi connectivity index (χ4n) is 3.95. The maximum Gasteiger partial charge on any atom is 0.293 e. The molecule has 4 aromatic carbocycles. The van der Waals surface area contributed by atoms with E-state index in [0.717, 1.165) is 33.7 Å². The molecule has 4 aromatic rings. The van der Waals surface area contributed by atoms with Crippen molar-refractivity contribution in [2.45, 2.75) is 6.61 Å². The van der Waals surface area contributed by atoms with Crippen molar-refractivity contribution in [3.05, 3.63) is 112 Å². The van der Waals surface area contributed by atoms with Crippen LogP contribution in [0.3, 0.4) is 0 Å². The Hall–Kier alpha value is -3.74. The fourth-order valence-corrected chi connectivity index (χ4v) is 4.99. The summed E-state index contributed by atoms with van der Waals surface area (Å²) < 4.78 is 11.8. The van der Waals surface area contributed by atoms with Gasteiger partial charge in [-0.15, -0.1) is 0 Å². The molecular formula is C29H22ClNO4S. The molecule has 0 bridgehead atoms. The zero-order valence-electron chi connectivity index (χ0n) is 19.2. The quantitative estimate of drug-likeness (QED) is 0.232. The number of imide groups is 1. The first kappa shape index (κ1) is 24.0. The Labute approximate surface area is 218 Å². The largest absolute Gasteiger partial charge is 0.490 e. The Bertz CT molecular complexity index is 1460. The van der Waals surface area contributed by atoms with Crippen molar-refractivity contribution in [1.29, 1.82) is 0 Å². The molecule has 0 atom stereocenters. The first-order valence-electron chi connectivity index (χ1n) is 11.4. The molecule has 0 aliphatic carbocycles. The number of benzene rings is 4. The summed E-state index contributed by atoms with van der Waals surface area (Å²) >= 11 is 7.01. The van der Waals surface area contributed by atoms with Gasteiger partial charge < -0.3 is 9.47 Å². The molecule has 1 aliphatic rings. The van der Waals surface area contributed by atoms with Crippen LogP contribution in [0.2, 0.25) is 5.02 Å². The SMILES string of the molecule is O=C1S/C(=C\c2ccccc2OCc2cccc3ccccc23)C(=O)N1CCOc1ccccc1Cl. The molecule has 7 heteroatoms. The molecule has 180 valence electrons. The Kier molecular flexibility index (Phi) is 7.26. The van der Waals surface area contributed by atoms with Crippen molar-refractivity contribution in [2.75, 3.05) is 13.2 Å². The van der Waals surface area contributed by atoms with Crippen LogP contribution >= 0.6 is 23.4 Å². The third-order valence-corrected chi connectivity index (χ3v) is 6.97. The summed E-state index contributed by atoms with van der Waals surface area (Å²) in [5.74, 6) is 0.801. The van der Waals surface area contributed by atoms with Crippen LogP contribution in [0.1, 0.15) is 11.1 Å². The molecule has 1 aliphatic heterocycles. The van der Waals surface area contributed by atoms with Crippen molar-refractivity contribution in [2.24, 2.45) is 0 Å². The van der Waals surface area contributed by atoms with E-state index in [2.05, 4.69) is 18.2 Å². The van der Waals surface area contributed by atoms with E-state index in [1.54, 1.807) is 24.3 Å². The van der Waals surface area contributed by atoms with Gasteiger partial charge in [0.15, 0.2) is 0 Å². The maximum absolute atomic E-state index is 13.0. The van der Waals surface area contributed by atoms with E-state index in [1.807, 2.05) is 54.6 Å². The molecule has 0 radical (unpaired) electrons. The van der Waals surface area contributed by atoms with Crippen molar-refractivity contribution < 1.29 is 19.1 Å². The number of fused-ring (bicyclic) bond motifs is 1. The van der Waals surface area contributed by atoms with Gasteiger partial charge in [-0.2, -0.15) is 0 Å². The van der Waals surface area contributed by atoms with Crippen LogP contribution < -0.4 is 9.47 Å². The first-order valence-corrected chi connectivity index (χ1v) is 12.6. The van der Waals surface area contributed by atoms with Gasteiger partial charge in [0.05, 0.1) is 16.5 Å². The van der Waals surface area contributed by atoms with E-state index in [4.69, 9.17) is 21.1 Å². The van der Waals surface area contributed by atoms with Gasteiger partial charge in [-0.1, -0.05) is 84.4 Å². The summed E-state index contributed by atoms with van der Waals surface area (Å²) in [6.07, 6.45) is 1.71. The first-order chi connectivity index (χ1) is 17.6. The summed E-state index contributed by atoms with van der Waals surface area (Å²) in [4.78, 5) is 27.0. The Morgan fingerprint density at radius 3 is 2.39 bits per heavy atom. The lowest BCUT2D eigenvalue weighted by molar-refractivity contribution is -0.123. The normalized spacial score (nSPS) is 14.6. The highest BCUT2D eigenvalue weighted by Gasteiger charge is 2.35. The van der Waals surface area contributed by atoms with Crippen LogP contribution in [0.5, 0.6) is 11.5 Å². The number of para-hydroxylation sites is 2. The lowest BCUT2D eigenvalue weighted by Crippen LogP contribution is -2.32. The lowest BCUT2D eigenvalue weighted by Gasteiger charge is -2.14. The maximum atomic E-state index is 13.0. The van der Waals surface area contributed by atoms with E-state index in [-0.39, 0.29) is 24.3 Å². The van der Waals surface area contributed by atoms with Gasteiger partial charge in [0.2, 0.25) is 0 Å². The van der Waals surface area contributed by atoms with E-state index in [1.165, 1.54) is 4.90 Å². The molecule has 0 aromatic heterocycles. The van der Waals surface area contributed by atoms with Gasteiger partial charge in [0.1, 0.15) is 24.7 Å². The van der Waals surface area contributed by atoms with E-state index in [9.17, 15) is 9.59 Å². The predicted molar refractivity (Wildman–Crippen MR) is 144 cm³/mol. The van der Waals surface area contributed by atoms with Crippen molar-refractivity contribution in [1.82, 2.24) is 4.90 Å². The summed E-state index contributed by atoms with van der Waals surface area (Å²) in [7, 11) is 0. The van der Waals surface area contributed by atoms with Crippen LogP contribution in [0.25, 0.3) is 16.8 Å². The van der Waals surface area contributed by atoms with Gasteiger partial charge in [0, 0.05) is 5.56 Å². The monoisotopic (exact) mass is 515 g/mol. The van der Waals surface area contributed by atoms with Crippen LogP contribution in [0, 0.1) is 0 Å². The molecular weight excluding hydrogens is 494 g/mol. The van der Waals surface area contributed by atoms with Crippen molar-refractivity contribution in [3.63, 3.8) is 0 Å². The van der Waals surface area contributed by atoms with Crippen molar-refractivity contribution >= 4 is 51.4 Å². The van der Waals surface area contributed by atoms with Gasteiger partial charge in [-0.05, 0) is 52.4 Å². The minimum atomic E-state index is -0.350. The average molecular weight is 516 g/mol. The highest BCUT2D eigenvalue weighted by molar-refractivity contribution is 8.18. The highest BCUT2D eigenvalue weighted by Crippen LogP contribution is 2.34. The molecule has 0 unspecified atom stereocenters. The number of rotatable bonds is 8. The third-order valence-electron chi connectivity index (χ3n) is 5.75. The van der Waals surface area contributed by atoms with Crippen LogP contribution in [-0.2, 0) is 11.4 Å². The summed E-state index contributed by atoms with van der Waals surface area (Å²) in [6.45, 7) is 0.666. The molecule has 0 N–H and O–H groups in total. The fraction of sp³-hybridized carbons (Fsp3) is 0.103. The minimum absolute atomic E-state index is 0.131. The molecule has 36 heavy (non-hydrogen) atoms. The number of thioether (sulfide) groups is 1. The van der Waals surface area contributed by atoms with Gasteiger partial charge in [-0.3, -0.25) is 14.5 Å². The molecule has 0 spiro atoms. The number of hydrogen-bond donors (Lipinski definition) is 0. The number of halogens is 1. The van der Waals surface area contributed by atoms with Crippen LogP contribution in [-0.4, -0.2) is 29.2 Å². The minimum Gasteiger partial charge on any atom is -0.490 e. The van der Waals surface area contributed by atoms with Gasteiger partial charge in [-0.25, -0.2) is 0 Å². The summed E-state index contributed by atoms with van der Waals surface area (Å²) in [6, 6.07) is 28.9. The molecule has 1 heterocycles. The molecule has 5 nitrogen and oxygen atoms in total. The van der Waals surface area contributed by atoms with Gasteiger partial charge >= 0.3 is 0 Å². The zero-order valence-corrected chi connectivity index (χ0v) is 20.8. The number of hydrogen-bond acceptors (Lipinski definition) is 5. The van der Waals surface area contributed by atoms with Crippen molar-refractivity contribution in [3.8, 4) is 11.5 Å². The molecule has 2 amide bonds. The molecule has 0 saturated carbocycles. The molecule has 5 rings (SSSR count). The van der Waals surface area contributed by atoms with E-state index < -0.39 is 0 Å². The lowest BCUT2D eigenvalue weighted by atomic mass is 10.1. The Morgan fingerprint density at radius 1 is 0.806 bits per heavy atom. The zero-order chi connectivity index (χ0) is 24.9. The van der Waals surface area contributed by atoms with E-state index >= 15 is 0 Å². The number of ether oxygens (including phenoxy) is 2. The predicted octanol–water partition coefficient (Wildman–Crippen LogP) is 7.19. The number of nitrogens with zero attached hydrogens (tertiary/aromatic N) is 1. The second-order valence-electron chi connectivity index (χ2n) is 8.08. The summed E-state index contributed by atoms with van der Waals surface area (Å²) in [5, 5.41) is 2.44. The number of amides is 2. The Morgan fingerprint density at radius 2 is 1.53 bits per heavy atom. The topological polar surface area (TPSA) is 55.8 Å². The smallest absolute Gasteiger partial charge is 0.293 e. The van der Waals surface area contributed by atoms with Gasteiger partial charge in [0.25, 0.3) is 11.1 Å². The number of carbonyl (C=O) groups excluding carboxylic acids is 2. The molecule has 1 saturated heterocycles. The Balaban J connectivity index is 1.28. The van der Waals surface area contributed by atoms with Crippen LogP contribution in [0.4, 0.5) is 4.79 Å². The average Bonchev–Trinajstić information content (AvgIpc) is 3.16. The number of carbonyl (C=O) groups is 2. The summed E-state index contributed by atoms with van der Waals surface area (Å²) in [5.41, 5.74) is 1.80. The highest BCUT2D eigenvalue weighted by atomic mass is 35.5. The van der Waals surface area contributed by atoms with Crippen LogP contribution in [0.15, 0.2) is 95.9 Å². The second kappa shape index (κ2) is 10.9. The standard InChI is InChI=1S/C29H22ClNO4S/c30-24-13-4-6-15-26(24)34-17-16-31-28(32)27(36-29(31)33)18-21-9-2-5-14-25(21)35-19-22-11-7-10-20-8-1-3-12-23(20)22/h1-15,18H,16-17,19H2/b27-18-. The third kappa shape index (κ3) is 5.25. The molecule has 1 fully saturated rings.